The molecule has 6 nitrogen and oxygen atoms in total. The van der Waals surface area contributed by atoms with E-state index in [2.05, 4.69) is 21.7 Å². The summed E-state index contributed by atoms with van der Waals surface area (Å²) in [6.07, 6.45) is 1.22. The largest absolute Gasteiger partial charge is 0.495 e. The summed E-state index contributed by atoms with van der Waals surface area (Å²) >= 11 is 9.25. The van der Waals surface area contributed by atoms with E-state index in [-0.39, 0.29) is 24.7 Å². The molecular formula is C21H20ClN3O3S2. The fraction of sp³-hybridized carbons (Fsp3) is 0.286. The van der Waals surface area contributed by atoms with Gasteiger partial charge >= 0.3 is 0 Å². The van der Waals surface area contributed by atoms with Crippen LogP contribution in [-0.2, 0) is 22.6 Å². The highest BCUT2D eigenvalue weighted by molar-refractivity contribution is 7.14. The number of thiazole rings is 1. The number of carbonyl (C=O) groups excluding carboxylic acids is 2. The Labute approximate surface area is 187 Å². The highest BCUT2D eigenvalue weighted by Crippen LogP contribution is 2.32. The lowest BCUT2D eigenvalue weighted by molar-refractivity contribution is -0.133. The molecule has 2 aromatic heterocycles. The van der Waals surface area contributed by atoms with Crippen molar-refractivity contribution in [2.24, 2.45) is 0 Å². The van der Waals surface area contributed by atoms with Gasteiger partial charge in [-0.15, -0.1) is 22.7 Å². The van der Waals surface area contributed by atoms with Crippen molar-refractivity contribution in [2.45, 2.75) is 25.8 Å². The molecule has 0 radical (unpaired) electrons. The molecule has 1 aliphatic heterocycles. The number of benzene rings is 1. The van der Waals surface area contributed by atoms with Crippen molar-refractivity contribution in [3.8, 4) is 17.0 Å². The van der Waals surface area contributed by atoms with Crippen molar-refractivity contribution < 1.29 is 14.3 Å². The van der Waals surface area contributed by atoms with Crippen LogP contribution in [0.25, 0.3) is 11.3 Å². The van der Waals surface area contributed by atoms with Crippen LogP contribution in [0.2, 0.25) is 5.02 Å². The summed E-state index contributed by atoms with van der Waals surface area (Å²) in [6.45, 7) is 1.35. The summed E-state index contributed by atoms with van der Waals surface area (Å²) < 4.78 is 5.16. The van der Waals surface area contributed by atoms with Gasteiger partial charge < -0.3 is 15.0 Å². The average Bonchev–Trinajstić information content (AvgIpc) is 3.40. The molecule has 1 aromatic carbocycles. The number of carbonyl (C=O) groups is 2. The van der Waals surface area contributed by atoms with Crippen molar-refractivity contribution in [3.63, 3.8) is 0 Å². The van der Waals surface area contributed by atoms with Crippen LogP contribution in [0.4, 0.5) is 5.13 Å². The van der Waals surface area contributed by atoms with Crippen molar-refractivity contribution in [1.29, 1.82) is 0 Å². The normalized spacial score (nSPS) is 13.1. The molecule has 2 amide bonds. The number of methoxy groups -OCH3 is 1. The van der Waals surface area contributed by atoms with Crippen molar-refractivity contribution in [3.05, 3.63) is 50.5 Å². The molecule has 0 bridgehead atoms. The number of ether oxygens (including phenoxy) is 1. The molecule has 0 fully saturated rings. The molecule has 0 saturated heterocycles. The zero-order valence-corrected chi connectivity index (χ0v) is 18.7. The molecule has 3 aromatic rings. The number of amides is 2. The van der Waals surface area contributed by atoms with E-state index >= 15 is 0 Å². The first-order valence-corrected chi connectivity index (χ1v) is 11.6. The first-order chi connectivity index (χ1) is 14.5. The number of thiophene rings is 1. The Balaban J connectivity index is 1.29. The van der Waals surface area contributed by atoms with E-state index in [0.29, 0.717) is 29.0 Å². The molecule has 4 rings (SSSR count). The third-order valence-electron chi connectivity index (χ3n) is 4.92. The summed E-state index contributed by atoms with van der Waals surface area (Å²) in [5.74, 6) is 0.387. The molecule has 156 valence electrons. The second kappa shape index (κ2) is 9.16. The van der Waals surface area contributed by atoms with Crippen molar-refractivity contribution >= 4 is 51.2 Å². The van der Waals surface area contributed by atoms with Crippen LogP contribution < -0.4 is 10.1 Å². The quantitative estimate of drug-likeness (QED) is 0.570. The number of rotatable bonds is 6. The van der Waals surface area contributed by atoms with E-state index in [1.54, 1.807) is 30.6 Å². The number of hydrogen-bond donors (Lipinski definition) is 1. The Morgan fingerprint density at radius 2 is 2.13 bits per heavy atom. The van der Waals surface area contributed by atoms with Gasteiger partial charge in [0.1, 0.15) is 5.75 Å². The Morgan fingerprint density at radius 3 is 2.93 bits per heavy atom. The predicted molar refractivity (Wildman–Crippen MR) is 120 cm³/mol. The first-order valence-electron chi connectivity index (χ1n) is 9.46. The Kier molecular flexibility index (Phi) is 6.36. The molecular weight excluding hydrogens is 442 g/mol. The van der Waals surface area contributed by atoms with Crippen LogP contribution in [0.1, 0.15) is 23.3 Å². The summed E-state index contributed by atoms with van der Waals surface area (Å²) in [6, 6.07) is 7.49. The van der Waals surface area contributed by atoms with Crippen LogP contribution in [-0.4, -0.2) is 35.4 Å². The molecule has 0 aliphatic carbocycles. The molecule has 0 spiro atoms. The van der Waals surface area contributed by atoms with Crippen LogP contribution in [0.3, 0.4) is 0 Å². The maximum Gasteiger partial charge on any atom is 0.226 e. The number of nitrogens with one attached hydrogen (secondary N) is 1. The number of fused-ring (bicyclic) bond motifs is 1. The lowest BCUT2D eigenvalue weighted by Crippen LogP contribution is -2.35. The fourth-order valence-electron chi connectivity index (χ4n) is 3.31. The smallest absolute Gasteiger partial charge is 0.226 e. The monoisotopic (exact) mass is 461 g/mol. The number of halogens is 1. The van der Waals surface area contributed by atoms with E-state index in [1.807, 2.05) is 16.3 Å². The van der Waals surface area contributed by atoms with Gasteiger partial charge in [-0.3, -0.25) is 9.59 Å². The van der Waals surface area contributed by atoms with Gasteiger partial charge in [-0.2, -0.15) is 0 Å². The van der Waals surface area contributed by atoms with Gasteiger partial charge in [0.05, 0.1) is 17.8 Å². The summed E-state index contributed by atoms with van der Waals surface area (Å²) in [7, 11) is 1.56. The maximum absolute atomic E-state index is 12.5. The Morgan fingerprint density at radius 1 is 1.27 bits per heavy atom. The zero-order valence-electron chi connectivity index (χ0n) is 16.3. The minimum absolute atomic E-state index is 0.00898. The second-order valence-corrected chi connectivity index (χ2v) is 9.14. The predicted octanol–water partition coefficient (Wildman–Crippen LogP) is 4.84. The van der Waals surface area contributed by atoms with E-state index in [0.717, 1.165) is 17.7 Å². The number of hydrogen-bond acceptors (Lipinski definition) is 6. The summed E-state index contributed by atoms with van der Waals surface area (Å²) in [5.41, 5.74) is 2.78. The third-order valence-corrected chi connectivity index (χ3v) is 7.00. The topological polar surface area (TPSA) is 71.5 Å². The standard InChI is InChI=1S/C21H20ClN3O3S2/c1-28-17-3-2-13(10-15(17)22)16-12-30-21(23-16)24-19(26)4-5-20(27)25-8-6-18-14(11-25)7-9-29-18/h2-3,7,9-10,12H,4-6,8,11H2,1H3,(H,23,24,26). The lowest BCUT2D eigenvalue weighted by atomic mass is 10.1. The van der Waals surface area contributed by atoms with Gasteiger partial charge in [0.15, 0.2) is 5.13 Å². The lowest BCUT2D eigenvalue weighted by Gasteiger charge is -2.27. The van der Waals surface area contributed by atoms with Gasteiger partial charge in [-0.1, -0.05) is 11.6 Å². The van der Waals surface area contributed by atoms with Gasteiger partial charge in [-0.25, -0.2) is 4.98 Å². The molecule has 0 unspecified atom stereocenters. The van der Waals surface area contributed by atoms with Gasteiger partial charge in [-0.05, 0) is 41.6 Å². The number of nitrogens with zero attached hydrogens (tertiary/aromatic N) is 2. The van der Waals surface area contributed by atoms with Crippen LogP contribution in [0.5, 0.6) is 5.75 Å². The Bertz CT molecular complexity index is 1080. The fourth-order valence-corrected chi connectivity index (χ4v) is 5.19. The summed E-state index contributed by atoms with van der Waals surface area (Å²) in [5, 5.41) is 7.69. The van der Waals surface area contributed by atoms with Crippen LogP contribution in [0, 0.1) is 0 Å². The molecule has 9 heteroatoms. The molecule has 0 saturated carbocycles. The van der Waals surface area contributed by atoms with Crippen molar-refractivity contribution in [2.75, 3.05) is 19.0 Å². The van der Waals surface area contributed by atoms with E-state index in [4.69, 9.17) is 16.3 Å². The number of aromatic nitrogens is 1. The van der Waals surface area contributed by atoms with E-state index in [1.165, 1.54) is 21.8 Å². The highest BCUT2D eigenvalue weighted by atomic mass is 35.5. The van der Waals surface area contributed by atoms with Gasteiger partial charge in [0.25, 0.3) is 0 Å². The molecule has 1 N–H and O–H groups in total. The third kappa shape index (κ3) is 4.66. The first kappa shape index (κ1) is 20.8. The van der Waals surface area contributed by atoms with E-state index < -0.39 is 0 Å². The minimum atomic E-state index is -0.217. The van der Waals surface area contributed by atoms with Crippen LogP contribution >= 0.6 is 34.3 Å². The SMILES string of the molecule is COc1ccc(-c2csc(NC(=O)CCC(=O)N3CCc4sccc4C3)n2)cc1Cl. The molecule has 0 atom stereocenters. The average molecular weight is 462 g/mol. The van der Waals surface area contributed by atoms with E-state index in [9.17, 15) is 9.59 Å². The zero-order chi connectivity index (χ0) is 21.1. The van der Waals surface area contributed by atoms with Crippen molar-refractivity contribution in [1.82, 2.24) is 9.88 Å². The van der Waals surface area contributed by atoms with Gasteiger partial charge in [0.2, 0.25) is 11.8 Å². The van der Waals surface area contributed by atoms with Gasteiger partial charge in [0, 0.05) is 41.8 Å². The van der Waals surface area contributed by atoms with Crippen LogP contribution in [0.15, 0.2) is 35.0 Å². The number of anilines is 1. The Hall–Kier alpha value is -2.42. The highest BCUT2D eigenvalue weighted by Gasteiger charge is 2.22. The maximum atomic E-state index is 12.5. The molecule has 3 heterocycles. The molecule has 1 aliphatic rings. The summed E-state index contributed by atoms with van der Waals surface area (Å²) in [4.78, 5) is 32.4. The minimum Gasteiger partial charge on any atom is -0.495 e. The second-order valence-electron chi connectivity index (χ2n) is 6.87. The molecule has 30 heavy (non-hydrogen) atoms.